The SMILES string of the molecule is CCOC(=O)Cn1c(=NC(=O)c2ccc(S(=O)(=O)N(C)C(C)C)cc2)sc2cc(OC)ccc21. The number of sulfonamides is 1. The highest BCUT2D eigenvalue weighted by molar-refractivity contribution is 7.89. The van der Waals surface area contributed by atoms with Gasteiger partial charge in [-0.1, -0.05) is 11.3 Å². The lowest BCUT2D eigenvalue weighted by molar-refractivity contribution is -0.143. The van der Waals surface area contributed by atoms with Crippen molar-refractivity contribution in [2.24, 2.45) is 4.99 Å². The number of carbonyl (C=O) groups excluding carboxylic acids is 2. The molecule has 0 aliphatic carbocycles. The highest BCUT2D eigenvalue weighted by Gasteiger charge is 2.23. The molecule has 0 bridgehead atoms. The van der Waals surface area contributed by atoms with Gasteiger partial charge in [0.1, 0.15) is 12.3 Å². The van der Waals surface area contributed by atoms with Crippen molar-refractivity contribution in [3.05, 3.63) is 52.8 Å². The van der Waals surface area contributed by atoms with Crippen LogP contribution in [0.4, 0.5) is 0 Å². The Hall–Kier alpha value is -3.02. The van der Waals surface area contributed by atoms with Crippen LogP contribution in [0.1, 0.15) is 31.1 Å². The molecule has 0 fully saturated rings. The summed E-state index contributed by atoms with van der Waals surface area (Å²) in [4.78, 5) is 29.7. The Morgan fingerprint density at radius 2 is 1.82 bits per heavy atom. The first-order valence-electron chi connectivity index (χ1n) is 10.6. The van der Waals surface area contributed by atoms with Gasteiger partial charge in [-0.15, -0.1) is 0 Å². The average Bonchev–Trinajstić information content (AvgIpc) is 3.14. The van der Waals surface area contributed by atoms with E-state index in [2.05, 4.69) is 4.99 Å². The van der Waals surface area contributed by atoms with E-state index in [1.165, 1.54) is 47.0 Å². The highest BCUT2D eigenvalue weighted by atomic mass is 32.2. The van der Waals surface area contributed by atoms with Crippen molar-refractivity contribution in [3.63, 3.8) is 0 Å². The molecule has 11 heteroatoms. The van der Waals surface area contributed by atoms with Gasteiger partial charge < -0.3 is 14.0 Å². The molecule has 0 radical (unpaired) electrons. The Morgan fingerprint density at radius 1 is 1.15 bits per heavy atom. The molecule has 9 nitrogen and oxygen atoms in total. The third-order valence-electron chi connectivity index (χ3n) is 5.19. The van der Waals surface area contributed by atoms with E-state index in [-0.39, 0.29) is 29.7 Å². The second-order valence-corrected chi connectivity index (χ2v) is 10.7. The van der Waals surface area contributed by atoms with Crippen LogP contribution in [0, 0.1) is 0 Å². The van der Waals surface area contributed by atoms with Crippen LogP contribution in [-0.4, -0.2) is 56.0 Å². The minimum atomic E-state index is -3.66. The standard InChI is InChI=1S/C23H27N3O6S2/c1-6-32-21(27)14-26-19-12-9-17(31-5)13-20(19)33-23(26)24-22(28)16-7-10-18(11-8-16)34(29,30)25(4)15(2)3/h7-13,15H,6,14H2,1-5H3. The van der Waals surface area contributed by atoms with E-state index in [9.17, 15) is 18.0 Å². The van der Waals surface area contributed by atoms with Gasteiger partial charge in [-0.05, 0) is 63.2 Å². The summed E-state index contributed by atoms with van der Waals surface area (Å²) in [7, 11) is -0.601. The summed E-state index contributed by atoms with van der Waals surface area (Å²) < 4.78 is 39.3. The van der Waals surface area contributed by atoms with Crippen molar-refractivity contribution >= 4 is 43.5 Å². The summed E-state index contributed by atoms with van der Waals surface area (Å²) in [5, 5.41) is 0. The van der Waals surface area contributed by atoms with Crippen molar-refractivity contribution in [2.45, 2.75) is 38.3 Å². The molecule has 0 saturated heterocycles. The maximum Gasteiger partial charge on any atom is 0.326 e. The summed E-state index contributed by atoms with van der Waals surface area (Å²) in [6, 6.07) is 10.8. The van der Waals surface area contributed by atoms with Crippen LogP contribution in [-0.2, 0) is 26.1 Å². The Balaban J connectivity index is 2.01. The zero-order chi connectivity index (χ0) is 25.0. The lowest BCUT2D eigenvalue weighted by Crippen LogP contribution is -2.33. The predicted octanol–water partition coefficient (Wildman–Crippen LogP) is 3.04. The van der Waals surface area contributed by atoms with Crippen molar-refractivity contribution in [1.82, 2.24) is 8.87 Å². The fourth-order valence-electron chi connectivity index (χ4n) is 3.12. The third kappa shape index (κ3) is 5.37. The molecule has 3 rings (SSSR count). The molecule has 0 aliphatic heterocycles. The third-order valence-corrected chi connectivity index (χ3v) is 8.27. The molecule has 1 aromatic heterocycles. The molecule has 0 atom stereocenters. The molecular weight excluding hydrogens is 478 g/mol. The van der Waals surface area contributed by atoms with E-state index < -0.39 is 21.9 Å². The van der Waals surface area contributed by atoms with Crippen LogP contribution >= 0.6 is 11.3 Å². The van der Waals surface area contributed by atoms with E-state index in [0.29, 0.717) is 16.1 Å². The van der Waals surface area contributed by atoms with E-state index in [1.807, 2.05) is 0 Å². The molecular formula is C23H27N3O6S2. The Kier molecular flexibility index (Phi) is 7.90. The summed E-state index contributed by atoms with van der Waals surface area (Å²) in [6.45, 7) is 5.41. The number of amides is 1. The first-order valence-corrected chi connectivity index (χ1v) is 12.8. The first-order chi connectivity index (χ1) is 16.1. The molecule has 0 spiro atoms. The number of aromatic nitrogens is 1. The van der Waals surface area contributed by atoms with Gasteiger partial charge >= 0.3 is 5.97 Å². The summed E-state index contributed by atoms with van der Waals surface area (Å²) in [6.07, 6.45) is 0. The molecule has 34 heavy (non-hydrogen) atoms. The van der Waals surface area contributed by atoms with Crippen molar-refractivity contribution < 1.29 is 27.5 Å². The fourth-order valence-corrected chi connectivity index (χ4v) is 5.54. The first kappa shape index (κ1) is 25.6. The number of thiazole rings is 1. The number of carbonyl (C=O) groups is 2. The predicted molar refractivity (Wildman–Crippen MR) is 129 cm³/mol. The average molecular weight is 506 g/mol. The molecule has 0 N–H and O–H groups in total. The van der Waals surface area contributed by atoms with E-state index in [1.54, 1.807) is 50.6 Å². The molecule has 0 saturated carbocycles. The Bertz CT molecular complexity index is 1370. The number of hydrogen-bond acceptors (Lipinski definition) is 7. The maximum absolute atomic E-state index is 12.9. The van der Waals surface area contributed by atoms with Crippen LogP contribution in [0.3, 0.4) is 0 Å². The second kappa shape index (κ2) is 10.5. The van der Waals surface area contributed by atoms with Gasteiger partial charge in [-0.2, -0.15) is 9.30 Å². The minimum Gasteiger partial charge on any atom is -0.497 e. The summed E-state index contributed by atoms with van der Waals surface area (Å²) >= 11 is 1.24. The molecule has 0 aliphatic rings. The second-order valence-electron chi connectivity index (χ2n) is 7.67. The minimum absolute atomic E-state index is 0.0894. The van der Waals surface area contributed by atoms with Gasteiger partial charge in [0.2, 0.25) is 10.0 Å². The molecule has 1 heterocycles. The molecule has 0 unspecified atom stereocenters. The van der Waals surface area contributed by atoms with Gasteiger partial charge in [0.15, 0.2) is 4.80 Å². The maximum atomic E-state index is 12.9. The number of fused-ring (bicyclic) bond motifs is 1. The lowest BCUT2D eigenvalue weighted by Gasteiger charge is -2.20. The van der Waals surface area contributed by atoms with Gasteiger partial charge in [0.25, 0.3) is 5.91 Å². The van der Waals surface area contributed by atoms with Gasteiger partial charge in [-0.3, -0.25) is 9.59 Å². The van der Waals surface area contributed by atoms with E-state index >= 15 is 0 Å². The normalized spacial score (nSPS) is 12.5. The van der Waals surface area contributed by atoms with Crippen molar-refractivity contribution in [1.29, 1.82) is 0 Å². The number of rotatable bonds is 8. The summed E-state index contributed by atoms with van der Waals surface area (Å²) in [5.41, 5.74) is 0.937. The summed E-state index contributed by atoms with van der Waals surface area (Å²) in [5.74, 6) is -0.369. The smallest absolute Gasteiger partial charge is 0.326 e. The molecule has 3 aromatic rings. The van der Waals surface area contributed by atoms with Crippen LogP contribution in [0.2, 0.25) is 0 Å². The highest BCUT2D eigenvalue weighted by Crippen LogP contribution is 2.23. The monoisotopic (exact) mass is 505 g/mol. The molecule has 2 aromatic carbocycles. The molecule has 1 amide bonds. The number of hydrogen-bond donors (Lipinski definition) is 0. The zero-order valence-electron chi connectivity index (χ0n) is 19.6. The van der Waals surface area contributed by atoms with Crippen LogP contribution in [0.5, 0.6) is 5.75 Å². The van der Waals surface area contributed by atoms with Crippen LogP contribution < -0.4 is 9.54 Å². The van der Waals surface area contributed by atoms with Crippen molar-refractivity contribution in [3.8, 4) is 5.75 Å². The fraction of sp³-hybridized carbons (Fsp3) is 0.348. The van der Waals surface area contributed by atoms with E-state index in [4.69, 9.17) is 9.47 Å². The topological polar surface area (TPSA) is 107 Å². The zero-order valence-corrected chi connectivity index (χ0v) is 21.3. The van der Waals surface area contributed by atoms with Crippen LogP contribution in [0.15, 0.2) is 52.4 Å². The lowest BCUT2D eigenvalue weighted by atomic mass is 10.2. The van der Waals surface area contributed by atoms with Crippen molar-refractivity contribution in [2.75, 3.05) is 20.8 Å². The number of benzene rings is 2. The largest absolute Gasteiger partial charge is 0.497 e. The Morgan fingerprint density at radius 3 is 2.41 bits per heavy atom. The Labute approximate surface area is 202 Å². The quantitative estimate of drug-likeness (QED) is 0.436. The van der Waals surface area contributed by atoms with E-state index in [0.717, 1.165) is 4.70 Å². The van der Waals surface area contributed by atoms with Gasteiger partial charge in [0.05, 0.1) is 28.8 Å². The number of nitrogens with zero attached hydrogens (tertiary/aromatic N) is 3. The van der Waals surface area contributed by atoms with Crippen LogP contribution in [0.25, 0.3) is 10.2 Å². The van der Waals surface area contributed by atoms with Gasteiger partial charge in [-0.25, -0.2) is 8.42 Å². The molecule has 182 valence electrons. The number of methoxy groups -OCH3 is 1. The number of ether oxygens (including phenoxy) is 2. The van der Waals surface area contributed by atoms with Gasteiger partial charge in [0, 0.05) is 18.7 Å². The number of esters is 1.